The summed E-state index contributed by atoms with van der Waals surface area (Å²) in [5.41, 5.74) is 4.27. The highest BCUT2D eigenvalue weighted by molar-refractivity contribution is 14.1. The number of aromatic amines is 1. The summed E-state index contributed by atoms with van der Waals surface area (Å²) in [5, 5.41) is 0. The van der Waals surface area contributed by atoms with Crippen molar-refractivity contribution in [2.45, 2.75) is 6.42 Å². The van der Waals surface area contributed by atoms with Gasteiger partial charge in [0.1, 0.15) is 5.75 Å². The lowest BCUT2D eigenvalue weighted by molar-refractivity contribution is 0.319. The molecule has 0 atom stereocenters. The minimum atomic E-state index is 0.764. The first-order chi connectivity index (χ1) is 10.9. The fraction of sp³-hybridized carbons (Fsp3) is 0.167. The van der Waals surface area contributed by atoms with Crippen molar-refractivity contribution in [2.24, 2.45) is 4.99 Å². The van der Waals surface area contributed by atoms with Crippen molar-refractivity contribution >= 4 is 34.4 Å². The minimum absolute atomic E-state index is 0.764. The van der Waals surface area contributed by atoms with Crippen LogP contribution in [0.15, 0.2) is 65.4 Å². The van der Waals surface area contributed by atoms with E-state index in [0.717, 1.165) is 45.7 Å². The summed E-state index contributed by atoms with van der Waals surface area (Å²) < 4.78 is 6.84. The molecule has 2 heterocycles. The van der Waals surface area contributed by atoms with Gasteiger partial charge in [-0.1, -0.05) is 34.7 Å². The van der Waals surface area contributed by atoms with Gasteiger partial charge < -0.3 is 9.72 Å². The number of aliphatic imine (C=N–C) groups is 1. The molecular formula is C18H17IN2O. The van der Waals surface area contributed by atoms with E-state index in [4.69, 9.17) is 4.74 Å². The van der Waals surface area contributed by atoms with Gasteiger partial charge in [-0.25, -0.2) is 0 Å². The summed E-state index contributed by atoms with van der Waals surface area (Å²) >= 11 is 2.36. The maximum atomic E-state index is 5.73. The number of halogens is 1. The number of allylic oxidation sites excluding steroid dienone is 2. The molecule has 0 spiro atoms. The highest BCUT2D eigenvalue weighted by Gasteiger charge is 2.12. The van der Waals surface area contributed by atoms with Crippen LogP contribution >= 0.6 is 22.6 Å². The molecule has 0 amide bonds. The van der Waals surface area contributed by atoms with Gasteiger partial charge in [0.25, 0.3) is 0 Å². The van der Waals surface area contributed by atoms with Crippen LogP contribution in [0, 0.1) is 0 Å². The summed E-state index contributed by atoms with van der Waals surface area (Å²) in [6.07, 6.45) is 8.81. The molecule has 0 unspecified atom stereocenters. The molecule has 1 aliphatic rings. The third-order valence-electron chi connectivity index (χ3n) is 3.37. The Bertz CT molecular complexity index is 683. The first-order valence-corrected chi connectivity index (χ1v) is 8.79. The Hall–Kier alpha value is -1.82. The van der Waals surface area contributed by atoms with Crippen molar-refractivity contribution in [2.75, 3.05) is 11.0 Å². The normalized spacial score (nSPS) is 15.3. The Morgan fingerprint density at radius 2 is 2.05 bits per heavy atom. The number of alkyl halides is 1. The molecule has 0 bridgehead atoms. The number of hydrogen-bond acceptors (Lipinski definition) is 2. The average Bonchev–Trinajstić information content (AvgIpc) is 3.24. The number of hydrogen-bond donors (Lipinski definition) is 1. The minimum Gasteiger partial charge on any atom is -0.494 e. The lowest BCUT2D eigenvalue weighted by Gasteiger charge is -2.10. The van der Waals surface area contributed by atoms with Gasteiger partial charge in [-0.3, -0.25) is 4.99 Å². The Labute approximate surface area is 144 Å². The smallest absolute Gasteiger partial charge is 0.119 e. The lowest BCUT2D eigenvalue weighted by atomic mass is 10.0. The van der Waals surface area contributed by atoms with E-state index < -0.39 is 0 Å². The van der Waals surface area contributed by atoms with E-state index in [-0.39, 0.29) is 0 Å². The molecule has 22 heavy (non-hydrogen) atoms. The molecule has 0 radical (unpaired) electrons. The van der Waals surface area contributed by atoms with Crippen molar-refractivity contribution < 1.29 is 4.74 Å². The van der Waals surface area contributed by atoms with Crippen LogP contribution < -0.4 is 4.74 Å². The molecule has 2 aromatic rings. The van der Waals surface area contributed by atoms with Crippen LogP contribution in [0.5, 0.6) is 5.75 Å². The molecule has 112 valence electrons. The first kappa shape index (κ1) is 15.1. The summed E-state index contributed by atoms with van der Waals surface area (Å²) in [6, 6.07) is 12.3. The average molecular weight is 404 g/mol. The third-order valence-corrected chi connectivity index (χ3v) is 4.13. The SMILES string of the molecule is ICCCOc1ccc(/C(=C2\C=CC=N2)c2ccc[nH]2)cc1. The number of benzene rings is 1. The van der Waals surface area contributed by atoms with Crippen LogP contribution in [0.3, 0.4) is 0 Å². The Kier molecular flexibility index (Phi) is 5.11. The summed E-state index contributed by atoms with van der Waals surface area (Å²) in [7, 11) is 0. The quantitative estimate of drug-likeness (QED) is 0.426. The predicted molar refractivity (Wildman–Crippen MR) is 99.9 cm³/mol. The van der Waals surface area contributed by atoms with E-state index >= 15 is 0 Å². The number of aromatic nitrogens is 1. The molecule has 0 saturated heterocycles. The molecule has 1 aromatic heterocycles. The standard InChI is InChI=1S/C18H17IN2O/c19-10-3-13-22-15-8-6-14(7-9-15)18(16-4-1-11-20-16)17-5-2-12-21-17/h1-2,4-9,11-12,20H,3,10,13H2/b18-17-. The summed E-state index contributed by atoms with van der Waals surface area (Å²) in [6.45, 7) is 0.764. The Morgan fingerprint density at radius 3 is 2.68 bits per heavy atom. The van der Waals surface area contributed by atoms with Crippen molar-refractivity contribution in [1.29, 1.82) is 0 Å². The van der Waals surface area contributed by atoms with Gasteiger partial charge in [-0.05, 0) is 48.4 Å². The van der Waals surface area contributed by atoms with Crippen LogP contribution in [0.4, 0.5) is 0 Å². The van der Waals surface area contributed by atoms with Gasteiger partial charge >= 0.3 is 0 Å². The van der Waals surface area contributed by atoms with Crippen molar-refractivity contribution in [3.05, 3.63) is 71.7 Å². The summed E-state index contributed by atoms with van der Waals surface area (Å²) in [5.74, 6) is 0.912. The van der Waals surface area contributed by atoms with Gasteiger partial charge in [0.2, 0.25) is 0 Å². The van der Waals surface area contributed by atoms with Crippen molar-refractivity contribution in [1.82, 2.24) is 4.98 Å². The fourth-order valence-corrected chi connectivity index (χ4v) is 2.65. The summed E-state index contributed by atoms with van der Waals surface area (Å²) in [4.78, 5) is 7.71. The van der Waals surface area contributed by atoms with E-state index in [2.05, 4.69) is 50.8 Å². The van der Waals surface area contributed by atoms with Crippen molar-refractivity contribution in [3.63, 3.8) is 0 Å². The molecule has 1 aliphatic heterocycles. The van der Waals surface area contributed by atoms with Crippen LogP contribution in [0.2, 0.25) is 0 Å². The van der Waals surface area contributed by atoms with Crippen LogP contribution in [-0.2, 0) is 0 Å². The highest BCUT2D eigenvalue weighted by Crippen LogP contribution is 2.29. The number of ether oxygens (including phenoxy) is 1. The Morgan fingerprint density at radius 1 is 1.18 bits per heavy atom. The zero-order valence-corrected chi connectivity index (χ0v) is 14.3. The topological polar surface area (TPSA) is 37.4 Å². The molecular weight excluding hydrogens is 387 g/mol. The number of nitrogens with zero attached hydrogens (tertiary/aromatic N) is 1. The van der Waals surface area contributed by atoms with Crippen LogP contribution in [0.1, 0.15) is 17.7 Å². The van der Waals surface area contributed by atoms with E-state index in [1.54, 1.807) is 0 Å². The highest BCUT2D eigenvalue weighted by atomic mass is 127. The van der Waals surface area contributed by atoms with Gasteiger partial charge in [0, 0.05) is 28.1 Å². The van der Waals surface area contributed by atoms with E-state index in [1.807, 2.05) is 42.8 Å². The molecule has 0 fully saturated rings. The second kappa shape index (κ2) is 7.45. The lowest BCUT2D eigenvalue weighted by Crippen LogP contribution is -1.98. The monoisotopic (exact) mass is 404 g/mol. The maximum Gasteiger partial charge on any atom is 0.119 e. The van der Waals surface area contributed by atoms with E-state index in [1.165, 1.54) is 0 Å². The largest absolute Gasteiger partial charge is 0.494 e. The zero-order chi connectivity index (χ0) is 15.2. The number of nitrogens with one attached hydrogen (secondary N) is 1. The molecule has 0 saturated carbocycles. The molecule has 3 rings (SSSR count). The first-order valence-electron chi connectivity index (χ1n) is 7.26. The number of H-pyrrole nitrogens is 1. The van der Waals surface area contributed by atoms with Crippen molar-refractivity contribution in [3.8, 4) is 5.75 Å². The van der Waals surface area contributed by atoms with Gasteiger partial charge in [-0.2, -0.15) is 0 Å². The molecule has 0 aliphatic carbocycles. The second-order valence-corrected chi connectivity index (χ2v) is 5.98. The molecule has 1 N–H and O–H groups in total. The third kappa shape index (κ3) is 3.50. The van der Waals surface area contributed by atoms with Gasteiger partial charge in [-0.15, -0.1) is 0 Å². The van der Waals surface area contributed by atoms with E-state index in [0.29, 0.717) is 0 Å². The van der Waals surface area contributed by atoms with E-state index in [9.17, 15) is 0 Å². The van der Waals surface area contributed by atoms with Gasteiger partial charge in [0.05, 0.1) is 12.3 Å². The molecule has 4 heteroatoms. The van der Waals surface area contributed by atoms with Gasteiger partial charge in [0.15, 0.2) is 0 Å². The number of rotatable bonds is 6. The fourth-order valence-electron chi connectivity index (χ4n) is 2.34. The predicted octanol–water partition coefficient (Wildman–Crippen LogP) is 4.62. The Balaban J connectivity index is 1.88. The van der Waals surface area contributed by atoms with Crippen LogP contribution in [0.25, 0.3) is 5.57 Å². The molecule has 3 nitrogen and oxygen atoms in total. The maximum absolute atomic E-state index is 5.73. The zero-order valence-electron chi connectivity index (χ0n) is 12.1. The second-order valence-electron chi connectivity index (χ2n) is 4.90. The molecule has 1 aromatic carbocycles. The van der Waals surface area contributed by atoms with Crippen LogP contribution in [-0.4, -0.2) is 22.2 Å².